The van der Waals surface area contributed by atoms with E-state index in [1.165, 1.54) is 0 Å². The van der Waals surface area contributed by atoms with Gasteiger partial charge in [-0.05, 0) is 25.8 Å². The summed E-state index contributed by atoms with van der Waals surface area (Å²) in [7, 11) is 0. The molecule has 0 aromatic carbocycles. The molecule has 1 rings (SSSR count). The molecule has 0 aliphatic carbocycles. The van der Waals surface area contributed by atoms with E-state index in [1.54, 1.807) is 13.0 Å². The number of hydrogen-bond acceptors (Lipinski definition) is 4. The van der Waals surface area contributed by atoms with Crippen LogP contribution in [0, 0.1) is 18.3 Å². The van der Waals surface area contributed by atoms with Crippen molar-refractivity contribution >= 4 is 5.91 Å². The number of carbonyl (C=O) groups is 1. The molecule has 0 radical (unpaired) electrons. The molecule has 5 nitrogen and oxygen atoms in total. The highest BCUT2D eigenvalue weighted by atomic mass is 16.1. The van der Waals surface area contributed by atoms with Gasteiger partial charge in [-0.15, -0.1) is 0 Å². The van der Waals surface area contributed by atoms with Gasteiger partial charge in [0.05, 0.1) is 23.0 Å². The number of nitrogens with one attached hydrogen (secondary N) is 1. The average Bonchev–Trinajstić information content (AvgIpc) is 2.34. The molecule has 0 fully saturated rings. The number of rotatable bonds is 5. The number of nitriles is 1. The Hall–Kier alpha value is -1.96. The largest absolute Gasteiger partial charge is 0.352 e. The van der Waals surface area contributed by atoms with E-state index in [2.05, 4.69) is 15.5 Å². The smallest absolute Gasteiger partial charge is 0.253 e. The Bertz CT molecular complexity index is 437. The summed E-state index contributed by atoms with van der Waals surface area (Å²) in [4.78, 5) is 11.9. The lowest BCUT2D eigenvalue weighted by atomic mass is 10.1. The summed E-state index contributed by atoms with van der Waals surface area (Å²) in [6, 6.07) is 3.78. The fourth-order valence-electron chi connectivity index (χ4n) is 1.44. The van der Waals surface area contributed by atoms with Crippen molar-refractivity contribution in [3.05, 3.63) is 23.0 Å². The van der Waals surface area contributed by atoms with Crippen LogP contribution in [0.1, 0.15) is 41.5 Å². The summed E-state index contributed by atoms with van der Waals surface area (Å²) < 4.78 is 0. The van der Waals surface area contributed by atoms with Crippen molar-refractivity contribution in [3.8, 4) is 6.07 Å². The van der Waals surface area contributed by atoms with Gasteiger partial charge in [0.1, 0.15) is 0 Å². The molecule has 1 aromatic rings. The zero-order chi connectivity index (χ0) is 12.7. The van der Waals surface area contributed by atoms with Gasteiger partial charge in [-0.1, -0.05) is 6.92 Å². The Morgan fingerprint density at radius 1 is 1.53 bits per heavy atom. The highest BCUT2D eigenvalue weighted by Crippen LogP contribution is 2.07. The lowest BCUT2D eigenvalue weighted by molar-refractivity contribution is 0.0951. The third-order valence-corrected chi connectivity index (χ3v) is 2.32. The molecule has 1 N–H and O–H groups in total. The van der Waals surface area contributed by atoms with E-state index < -0.39 is 0 Å². The minimum absolute atomic E-state index is 0.141. The van der Waals surface area contributed by atoms with Gasteiger partial charge >= 0.3 is 0 Å². The highest BCUT2D eigenvalue weighted by molar-refractivity contribution is 5.95. The zero-order valence-electron chi connectivity index (χ0n) is 10.2. The van der Waals surface area contributed by atoms with Gasteiger partial charge in [0.25, 0.3) is 5.91 Å². The molecule has 90 valence electrons. The quantitative estimate of drug-likeness (QED) is 0.778. The van der Waals surface area contributed by atoms with Crippen molar-refractivity contribution < 1.29 is 4.79 Å². The van der Waals surface area contributed by atoms with Crippen LogP contribution < -0.4 is 5.32 Å². The number of amides is 1. The molecule has 0 spiro atoms. The summed E-state index contributed by atoms with van der Waals surface area (Å²) in [5.74, 6) is -0.141. The van der Waals surface area contributed by atoms with Gasteiger partial charge in [-0.2, -0.15) is 15.5 Å². The van der Waals surface area contributed by atoms with Gasteiger partial charge in [-0.25, -0.2) is 0 Å². The minimum Gasteiger partial charge on any atom is -0.352 e. The molecule has 0 aliphatic rings. The van der Waals surface area contributed by atoms with Crippen molar-refractivity contribution in [2.45, 2.75) is 33.1 Å². The number of aryl methyl sites for hydroxylation is 2. The lowest BCUT2D eigenvalue weighted by Gasteiger charge is -2.07. The van der Waals surface area contributed by atoms with Gasteiger partial charge in [0, 0.05) is 13.0 Å². The number of aromatic nitrogens is 2. The van der Waals surface area contributed by atoms with E-state index in [1.807, 2.05) is 13.0 Å². The van der Waals surface area contributed by atoms with Crippen molar-refractivity contribution in [3.63, 3.8) is 0 Å². The van der Waals surface area contributed by atoms with E-state index >= 15 is 0 Å². The van der Waals surface area contributed by atoms with E-state index in [0.717, 1.165) is 5.69 Å². The van der Waals surface area contributed by atoms with Crippen LogP contribution in [0.4, 0.5) is 0 Å². The topological polar surface area (TPSA) is 78.7 Å². The van der Waals surface area contributed by atoms with E-state index in [0.29, 0.717) is 37.1 Å². The second-order valence-electron chi connectivity index (χ2n) is 3.72. The summed E-state index contributed by atoms with van der Waals surface area (Å²) in [6.07, 6.45) is 1.80. The number of hydrogen-bond donors (Lipinski definition) is 1. The van der Waals surface area contributed by atoms with Gasteiger partial charge in [-0.3, -0.25) is 4.79 Å². The van der Waals surface area contributed by atoms with Crippen LogP contribution in [-0.2, 0) is 6.42 Å². The monoisotopic (exact) mass is 232 g/mol. The Morgan fingerprint density at radius 2 is 2.29 bits per heavy atom. The third kappa shape index (κ3) is 3.83. The Morgan fingerprint density at radius 3 is 2.94 bits per heavy atom. The van der Waals surface area contributed by atoms with Gasteiger partial charge in [0.15, 0.2) is 0 Å². The fourth-order valence-corrected chi connectivity index (χ4v) is 1.44. The molecular weight excluding hydrogens is 216 g/mol. The molecule has 1 heterocycles. The first kappa shape index (κ1) is 13.1. The van der Waals surface area contributed by atoms with Crippen LogP contribution in [0.15, 0.2) is 6.07 Å². The van der Waals surface area contributed by atoms with Crippen molar-refractivity contribution in [2.75, 3.05) is 6.54 Å². The molecule has 0 unspecified atom stereocenters. The van der Waals surface area contributed by atoms with Crippen LogP contribution >= 0.6 is 0 Å². The van der Waals surface area contributed by atoms with Gasteiger partial charge < -0.3 is 5.32 Å². The predicted molar refractivity (Wildman–Crippen MR) is 63.3 cm³/mol. The summed E-state index contributed by atoms with van der Waals surface area (Å²) in [6.45, 7) is 4.25. The van der Waals surface area contributed by atoms with Gasteiger partial charge in [0.2, 0.25) is 0 Å². The highest BCUT2D eigenvalue weighted by Gasteiger charge is 2.11. The molecule has 0 aliphatic heterocycles. The Kier molecular flexibility index (Phi) is 5.08. The third-order valence-electron chi connectivity index (χ3n) is 2.32. The second kappa shape index (κ2) is 6.59. The molecule has 0 saturated heterocycles. The number of unbranched alkanes of at least 4 members (excludes halogenated alkanes) is 1. The molecule has 0 saturated carbocycles. The van der Waals surface area contributed by atoms with E-state index in [9.17, 15) is 4.79 Å². The van der Waals surface area contributed by atoms with Crippen LogP contribution in [0.3, 0.4) is 0 Å². The standard InChI is InChI=1S/C12H16N4O/c1-3-11-10(8-9(2)15-16-11)12(17)14-7-5-4-6-13/h8H,3-5,7H2,1-2H3,(H,14,17). The molecule has 0 bridgehead atoms. The molecule has 17 heavy (non-hydrogen) atoms. The lowest BCUT2D eigenvalue weighted by Crippen LogP contribution is -2.26. The molecule has 5 heteroatoms. The number of nitrogens with zero attached hydrogens (tertiary/aromatic N) is 3. The number of carbonyl (C=O) groups excluding carboxylic acids is 1. The van der Waals surface area contributed by atoms with Crippen LogP contribution in [0.5, 0.6) is 0 Å². The normalized spacial score (nSPS) is 9.71. The maximum atomic E-state index is 11.9. The maximum absolute atomic E-state index is 11.9. The average molecular weight is 232 g/mol. The van der Waals surface area contributed by atoms with E-state index in [-0.39, 0.29) is 5.91 Å². The Balaban J connectivity index is 2.68. The summed E-state index contributed by atoms with van der Waals surface area (Å²) in [5, 5.41) is 19.1. The summed E-state index contributed by atoms with van der Waals surface area (Å²) >= 11 is 0. The zero-order valence-corrected chi connectivity index (χ0v) is 10.2. The Labute approximate surface area is 101 Å². The first-order valence-corrected chi connectivity index (χ1v) is 5.67. The molecule has 0 atom stereocenters. The van der Waals surface area contributed by atoms with Crippen LogP contribution in [-0.4, -0.2) is 22.6 Å². The SMILES string of the molecule is CCc1nnc(C)cc1C(=O)NCCCC#N. The molecule has 1 amide bonds. The summed E-state index contributed by atoms with van der Waals surface area (Å²) in [5.41, 5.74) is 2.01. The first-order chi connectivity index (χ1) is 8.19. The van der Waals surface area contributed by atoms with Crippen molar-refractivity contribution in [2.24, 2.45) is 0 Å². The van der Waals surface area contributed by atoms with Crippen LogP contribution in [0.2, 0.25) is 0 Å². The predicted octanol–water partition coefficient (Wildman–Crippen LogP) is 1.38. The van der Waals surface area contributed by atoms with Crippen molar-refractivity contribution in [1.82, 2.24) is 15.5 Å². The van der Waals surface area contributed by atoms with Crippen molar-refractivity contribution in [1.29, 1.82) is 5.26 Å². The van der Waals surface area contributed by atoms with Crippen LogP contribution in [0.25, 0.3) is 0 Å². The maximum Gasteiger partial charge on any atom is 0.253 e. The first-order valence-electron chi connectivity index (χ1n) is 5.67. The minimum atomic E-state index is -0.141. The molecule has 1 aromatic heterocycles. The fraction of sp³-hybridized carbons (Fsp3) is 0.500. The molecular formula is C12H16N4O. The second-order valence-corrected chi connectivity index (χ2v) is 3.72. The van der Waals surface area contributed by atoms with E-state index in [4.69, 9.17) is 5.26 Å².